The Hall–Kier alpha value is -1.40. The van der Waals surface area contributed by atoms with Gasteiger partial charge in [0.1, 0.15) is 5.75 Å². The van der Waals surface area contributed by atoms with Gasteiger partial charge in [-0.15, -0.1) is 0 Å². The molecule has 1 N–H and O–H groups in total. The highest BCUT2D eigenvalue weighted by atomic mass is 32.2. The van der Waals surface area contributed by atoms with E-state index >= 15 is 0 Å². The Morgan fingerprint density at radius 2 is 1.94 bits per heavy atom. The second-order valence-corrected chi connectivity index (χ2v) is 5.13. The third kappa shape index (κ3) is 4.16. The molecule has 0 amide bonds. The summed E-state index contributed by atoms with van der Waals surface area (Å²) in [6.07, 6.45) is 0.485. The van der Waals surface area contributed by atoms with Gasteiger partial charge in [0, 0.05) is 0 Å². The SMILES string of the molecule is CCCC(C(=O)Oc1ccccc1)S(=O)(=O)O. The van der Waals surface area contributed by atoms with Crippen LogP contribution >= 0.6 is 0 Å². The van der Waals surface area contributed by atoms with Crippen LogP contribution in [0.5, 0.6) is 5.75 Å². The van der Waals surface area contributed by atoms with E-state index in [4.69, 9.17) is 9.29 Å². The maximum Gasteiger partial charge on any atom is 0.332 e. The van der Waals surface area contributed by atoms with Gasteiger partial charge in [0.05, 0.1) is 0 Å². The molecule has 1 rings (SSSR count). The molecule has 17 heavy (non-hydrogen) atoms. The lowest BCUT2D eigenvalue weighted by Crippen LogP contribution is -2.33. The first kappa shape index (κ1) is 13.7. The van der Waals surface area contributed by atoms with Crippen molar-refractivity contribution < 1.29 is 22.5 Å². The van der Waals surface area contributed by atoms with Crippen molar-refractivity contribution in [2.45, 2.75) is 25.0 Å². The van der Waals surface area contributed by atoms with Crippen molar-refractivity contribution in [3.05, 3.63) is 30.3 Å². The van der Waals surface area contributed by atoms with Crippen LogP contribution in [0, 0.1) is 0 Å². The summed E-state index contributed by atoms with van der Waals surface area (Å²) in [4.78, 5) is 11.6. The molecule has 5 nitrogen and oxygen atoms in total. The number of ether oxygens (including phenoxy) is 1. The molecule has 0 spiro atoms. The normalized spacial score (nSPS) is 13.1. The van der Waals surface area contributed by atoms with E-state index in [9.17, 15) is 13.2 Å². The van der Waals surface area contributed by atoms with E-state index in [0.717, 1.165) is 0 Å². The van der Waals surface area contributed by atoms with E-state index in [0.29, 0.717) is 6.42 Å². The minimum Gasteiger partial charge on any atom is -0.426 e. The molecule has 1 atom stereocenters. The summed E-state index contributed by atoms with van der Waals surface area (Å²) in [5, 5.41) is -1.52. The van der Waals surface area contributed by atoms with E-state index in [1.165, 1.54) is 12.1 Å². The lowest BCUT2D eigenvalue weighted by molar-refractivity contribution is -0.134. The van der Waals surface area contributed by atoms with Gasteiger partial charge in [0.15, 0.2) is 5.25 Å². The number of hydrogen-bond acceptors (Lipinski definition) is 4. The van der Waals surface area contributed by atoms with Gasteiger partial charge >= 0.3 is 5.97 Å². The Morgan fingerprint density at radius 3 is 2.41 bits per heavy atom. The molecule has 0 radical (unpaired) electrons. The average Bonchev–Trinajstić information content (AvgIpc) is 2.25. The van der Waals surface area contributed by atoms with E-state index in [1.54, 1.807) is 25.1 Å². The van der Waals surface area contributed by atoms with Crippen LogP contribution in [0.2, 0.25) is 0 Å². The smallest absolute Gasteiger partial charge is 0.332 e. The lowest BCUT2D eigenvalue weighted by atomic mass is 10.2. The van der Waals surface area contributed by atoms with Crippen LogP contribution in [-0.4, -0.2) is 24.2 Å². The highest BCUT2D eigenvalue weighted by Gasteiger charge is 2.31. The number of rotatable bonds is 5. The Kier molecular flexibility index (Phi) is 4.65. The summed E-state index contributed by atoms with van der Waals surface area (Å²) in [7, 11) is -4.42. The van der Waals surface area contributed by atoms with Gasteiger partial charge in [-0.05, 0) is 18.6 Å². The standard InChI is InChI=1S/C11H14O5S/c1-2-6-10(17(13,14)15)11(12)16-9-7-4-3-5-8-9/h3-5,7-8,10H,2,6H2,1H3,(H,13,14,15). The van der Waals surface area contributed by atoms with E-state index in [1.807, 2.05) is 0 Å². The highest BCUT2D eigenvalue weighted by Crippen LogP contribution is 2.14. The zero-order chi connectivity index (χ0) is 12.9. The maximum atomic E-state index is 11.6. The minimum atomic E-state index is -4.42. The molecule has 0 aliphatic heterocycles. The predicted octanol–water partition coefficient (Wildman–Crippen LogP) is 1.65. The first-order valence-corrected chi connectivity index (χ1v) is 6.68. The van der Waals surface area contributed by atoms with Gasteiger partial charge in [0.2, 0.25) is 0 Å². The van der Waals surface area contributed by atoms with Crippen molar-refractivity contribution >= 4 is 16.1 Å². The van der Waals surface area contributed by atoms with Crippen LogP contribution in [0.15, 0.2) is 30.3 Å². The van der Waals surface area contributed by atoms with Crippen molar-refractivity contribution in [1.82, 2.24) is 0 Å². The van der Waals surface area contributed by atoms with Crippen molar-refractivity contribution in [2.75, 3.05) is 0 Å². The molecular weight excluding hydrogens is 244 g/mol. The van der Waals surface area contributed by atoms with Crippen LogP contribution in [0.1, 0.15) is 19.8 Å². The molecule has 1 unspecified atom stereocenters. The molecule has 0 aliphatic rings. The maximum absolute atomic E-state index is 11.6. The molecule has 0 fully saturated rings. The van der Waals surface area contributed by atoms with Crippen molar-refractivity contribution in [3.63, 3.8) is 0 Å². The van der Waals surface area contributed by atoms with Crippen LogP contribution in [-0.2, 0) is 14.9 Å². The fourth-order valence-corrected chi connectivity index (χ4v) is 2.15. The predicted molar refractivity (Wildman–Crippen MR) is 62.3 cm³/mol. The van der Waals surface area contributed by atoms with Crippen LogP contribution < -0.4 is 4.74 Å². The van der Waals surface area contributed by atoms with Crippen molar-refractivity contribution in [3.8, 4) is 5.75 Å². The van der Waals surface area contributed by atoms with Gasteiger partial charge in [-0.1, -0.05) is 31.5 Å². The quantitative estimate of drug-likeness (QED) is 0.493. The summed E-state index contributed by atoms with van der Waals surface area (Å²) >= 11 is 0. The zero-order valence-electron chi connectivity index (χ0n) is 9.37. The van der Waals surface area contributed by atoms with E-state index in [-0.39, 0.29) is 12.2 Å². The second-order valence-electron chi connectivity index (χ2n) is 3.53. The highest BCUT2D eigenvalue weighted by molar-refractivity contribution is 7.87. The third-order valence-electron chi connectivity index (χ3n) is 2.13. The number of benzene rings is 1. The molecule has 1 aromatic rings. The Balaban J connectivity index is 2.80. The Morgan fingerprint density at radius 1 is 1.35 bits per heavy atom. The van der Waals surface area contributed by atoms with Gasteiger partial charge in [0.25, 0.3) is 10.1 Å². The van der Waals surface area contributed by atoms with Crippen LogP contribution in [0.25, 0.3) is 0 Å². The van der Waals surface area contributed by atoms with Crippen LogP contribution in [0.3, 0.4) is 0 Å². The first-order chi connectivity index (χ1) is 7.95. The molecule has 6 heteroatoms. The molecule has 0 aliphatic carbocycles. The number of carbonyl (C=O) groups is 1. The molecule has 1 aromatic carbocycles. The average molecular weight is 258 g/mol. The molecule has 0 saturated heterocycles. The molecule has 0 heterocycles. The largest absolute Gasteiger partial charge is 0.426 e. The monoisotopic (exact) mass is 258 g/mol. The number of para-hydroxylation sites is 1. The number of carbonyl (C=O) groups excluding carboxylic acids is 1. The summed E-state index contributed by atoms with van der Waals surface area (Å²) in [6, 6.07) is 8.12. The molecular formula is C11H14O5S. The summed E-state index contributed by atoms with van der Waals surface area (Å²) in [5.74, 6) is -0.706. The summed E-state index contributed by atoms with van der Waals surface area (Å²) in [5.41, 5.74) is 0. The lowest BCUT2D eigenvalue weighted by Gasteiger charge is -2.11. The van der Waals surface area contributed by atoms with Gasteiger partial charge < -0.3 is 4.74 Å². The molecule has 0 bridgehead atoms. The van der Waals surface area contributed by atoms with E-state index < -0.39 is 21.3 Å². The minimum absolute atomic E-state index is 0.0322. The Bertz CT molecular complexity index is 466. The number of esters is 1. The second kappa shape index (κ2) is 5.79. The summed E-state index contributed by atoms with van der Waals surface area (Å²) < 4.78 is 35.8. The topological polar surface area (TPSA) is 80.7 Å². The molecule has 0 aromatic heterocycles. The third-order valence-corrected chi connectivity index (χ3v) is 3.28. The summed E-state index contributed by atoms with van der Waals surface area (Å²) in [6.45, 7) is 1.72. The van der Waals surface area contributed by atoms with Gasteiger partial charge in [-0.3, -0.25) is 9.35 Å². The Labute approximate surface area is 100 Å². The van der Waals surface area contributed by atoms with E-state index in [2.05, 4.69) is 0 Å². The van der Waals surface area contributed by atoms with Crippen molar-refractivity contribution in [2.24, 2.45) is 0 Å². The fraction of sp³-hybridized carbons (Fsp3) is 0.364. The van der Waals surface area contributed by atoms with Crippen LogP contribution in [0.4, 0.5) is 0 Å². The fourth-order valence-electron chi connectivity index (χ4n) is 1.32. The first-order valence-electron chi connectivity index (χ1n) is 5.18. The number of hydrogen-bond donors (Lipinski definition) is 1. The molecule has 0 saturated carbocycles. The van der Waals surface area contributed by atoms with Gasteiger partial charge in [-0.25, -0.2) is 0 Å². The van der Waals surface area contributed by atoms with Gasteiger partial charge in [-0.2, -0.15) is 8.42 Å². The van der Waals surface area contributed by atoms with Crippen molar-refractivity contribution in [1.29, 1.82) is 0 Å². The molecule has 94 valence electrons. The zero-order valence-corrected chi connectivity index (χ0v) is 10.2.